The van der Waals surface area contributed by atoms with E-state index in [9.17, 15) is 9.59 Å². The summed E-state index contributed by atoms with van der Waals surface area (Å²) in [5, 5.41) is 7.62. The van der Waals surface area contributed by atoms with Gasteiger partial charge < -0.3 is 5.32 Å². The molecule has 0 fully saturated rings. The van der Waals surface area contributed by atoms with Crippen LogP contribution in [0.1, 0.15) is 6.92 Å². The van der Waals surface area contributed by atoms with Gasteiger partial charge in [0, 0.05) is 13.2 Å². The van der Waals surface area contributed by atoms with Crippen molar-refractivity contribution in [2.45, 2.75) is 12.3 Å². The molecule has 0 radical (unpaired) electrons. The second kappa shape index (κ2) is 4.79. The number of alkyl halides is 1. The van der Waals surface area contributed by atoms with Crippen molar-refractivity contribution in [3.8, 4) is 0 Å². The summed E-state index contributed by atoms with van der Waals surface area (Å²) in [6.07, 6.45) is 3.07. The van der Waals surface area contributed by atoms with Crippen LogP contribution in [0.25, 0.3) is 0 Å². The molecule has 0 spiro atoms. The number of carbonyl (C=O) groups excluding carboxylic acids is 2. The average Bonchev–Trinajstić information content (AvgIpc) is 2.50. The first kappa shape index (κ1) is 11.5. The summed E-state index contributed by atoms with van der Waals surface area (Å²) in [5.74, 6) is -0.543. The normalized spacial score (nSPS) is 11.9. The van der Waals surface area contributed by atoms with Gasteiger partial charge in [-0.15, -0.1) is 11.6 Å². The van der Waals surface area contributed by atoms with Crippen molar-refractivity contribution < 1.29 is 9.59 Å². The van der Waals surface area contributed by atoms with Crippen molar-refractivity contribution in [3.05, 3.63) is 12.4 Å². The molecule has 0 bridgehead atoms. The molecule has 1 unspecified atom stereocenters. The minimum absolute atomic E-state index is 0.505. The summed E-state index contributed by atoms with van der Waals surface area (Å²) in [4.78, 5) is 22.2. The van der Waals surface area contributed by atoms with Crippen molar-refractivity contribution in [1.82, 2.24) is 15.1 Å². The Bertz CT molecular complexity index is 374. The summed E-state index contributed by atoms with van der Waals surface area (Å²) in [6, 6.07) is -0.625. The molecule has 1 aromatic heterocycles. The van der Waals surface area contributed by atoms with Crippen molar-refractivity contribution in [2.24, 2.45) is 7.05 Å². The van der Waals surface area contributed by atoms with Gasteiger partial charge in [0.2, 0.25) is 5.91 Å². The number of aromatic nitrogens is 2. The average molecular weight is 231 g/mol. The van der Waals surface area contributed by atoms with E-state index in [1.165, 1.54) is 17.8 Å². The van der Waals surface area contributed by atoms with Gasteiger partial charge in [0.1, 0.15) is 5.38 Å². The van der Waals surface area contributed by atoms with Gasteiger partial charge in [0.05, 0.1) is 11.9 Å². The molecule has 1 rings (SSSR count). The predicted molar refractivity (Wildman–Crippen MR) is 55.7 cm³/mol. The van der Waals surface area contributed by atoms with Gasteiger partial charge in [-0.1, -0.05) is 0 Å². The van der Waals surface area contributed by atoms with Gasteiger partial charge in [-0.05, 0) is 6.92 Å². The van der Waals surface area contributed by atoms with Gasteiger partial charge in [-0.3, -0.25) is 14.8 Å². The minimum Gasteiger partial charge on any atom is -0.305 e. The molecular weight excluding hydrogens is 220 g/mol. The van der Waals surface area contributed by atoms with Crippen LogP contribution in [0.3, 0.4) is 0 Å². The third kappa shape index (κ3) is 3.59. The van der Waals surface area contributed by atoms with Crippen LogP contribution in [-0.4, -0.2) is 27.1 Å². The van der Waals surface area contributed by atoms with Gasteiger partial charge in [-0.25, -0.2) is 4.79 Å². The zero-order chi connectivity index (χ0) is 11.4. The maximum absolute atomic E-state index is 11.2. The number of carbonyl (C=O) groups is 2. The number of urea groups is 1. The van der Waals surface area contributed by atoms with Gasteiger partial charge >= 0.3 is 6.03 Å². The third-order valence-corrected chi connectivity index (χ3v) is 1.76. The fourth-order valence-electron chi connectivity index (χ4n) is 0.859. The summed E-state index contributed by atoms with van der Waals surface area (Å²) in [7, 11) is 1.72. The highest BCUT2D eigenvalue weighted by Gasteiger charge is 2.13. The number of halogens is 1. The molecule has 0 aliphatic carbocycles. The van der Waals surface area contributed by atoms with E-state index in [2.05, 4.69) is 15.7 Å². The molecule has 0 saturated heterocycles. The molecule has 0 aromatic carbocycles. The fraction of sp³-hybridized carbons (Fsp3) is 0.375. The number of hydrogen-bond donors (Lipinski definition) is 2. The Kier molecular flexibility index (Phi) is 3.68. The largest absolute Gasteiger partial charge is 0.326 e. The second-order valence-corrected chi connectivity index (χ2v) is 3.62. The SMILES string of the molecule is CC(Cl)C(=O)NC(=O)Nc1cnn(C)c1. The molecule has 0 saturated carbocycles. The van der Waals surface area contributed by atoms with Crippen LogP contribution in [0.4, 0.5) is 10.5 Å². The smallest absolute Gasteiger partial charge is 0.305 e. The molecule has 6 nitrogen and oxygen atoms in total. The summed E-state index contributed by atoms with van der Waals surface area (Å²) < 4.78 is 1.53. The predicted octanol–water partition coefficient (Wildman–Crippen LogP) is 0.695. The Morgan fingerprint density at radius 2 is 2.27 bits per heavy atom. The lowest BCUT2D eigenvalue weighted by Crippen LogP contribution is -2.38. The number of imide groups is 1. The first-order chi connectivity index (χ1) is 6.99. The highest BCUT2D eigenvalue weighted by Crippen LogP contribution is 2.02. The highest BCUT2D eigenvalue weighted by molar-refractivity contribution is 6.31. The molecule has 2 N–H and O–H groups in total. The van der Waals surface area contributed by atoms with E-state index < -0.39 is 17.3 Å². The van der Waals surface area contributed by atoms with Crippen molar-refractivity contribution >= 4 is 29.2 Å². The lowest BCUT2D eigenvalue weighted by Gasteiger charge is -2.05. The van der Waals surface area contributed by atoms with E-state index >= 15 is 0 Å². The summed E-state index contributed by atoms with van der Waals surface area (Å²) >= 11 is 5.47. The van der Waals surface area contributed by atoms with Crippen LogP contribution in [0.5, 0.6) is 0 Å². The second-order valence-electron chi connectivity index (χ2n) is 2.96. The van der Waals surface area contributed by atoms with Crippen molar-refractivity contribution in [1.29, 1.82) is 0 Å². The summed E-state index contributed by atoms with van der Waals surface area (Å²) in [6.45, 7) is 1.48. The maximum atomic E-state index is 11.2. The van der Waals surface area contributed by atoms with E-state index in [0.717, 1.165) is 0 Å². The standard InChI is InChI=1S/C8H11ClN4O2/c1-5(9)7(14)12-8(15)11-6-3-10-13(2)4-6/h3-5H,1-2H3,(H2,11,12,14,15). The Hall–Kier alpha value is -1.56. The zero-order valence-electron chi connectivity index (χ0n) is 8.32. The number of amides is 3. The molecule has 1 aromatic rings. The quantitative estimate of drug-likeness (QED) is 0.735. The molecule has 1 heterocycles. The fourth-order valence-corrected chi connectivity index (χ4v) is 0.914. The first-order valence-electron chi connectivity index (χ1n) is 4.23. The van der Waals surface area contributed by atoms with Crippen molar-refractivity contribution in [3.63, 3.8) is 0 Å². The number of rotatable bonds is 2. The Balaban J connectivity index is 2.46. The highest BCUT2D eigenvalue weighted by atomic mass is 35.5. The molecule has 0 aliphatic rings. The van der Waals surface area contributed by atoms with Gasteiger partial charge in [0.25, 0.3) is 0 Å². The van der Waals surface area contributed by atoms with Crippen LogP contribution in [0.2, 0.25) is 0 Å². The van der Waals surface area contributed by atoms with E-state index in [1.807, 2.05) is 0 Å². The van der Waals surface area contributed by atoms with Crippen LogP contribution in [0, 0.1) is 0 Å². The van der Waals surface area contributed by atoms with E-state index in [0.29, 0.717) is 5.69 Å². The summed E-state index contributed by atoms with van der Waals surface area (Å²) in [5.41, 5.74) is 0.505. The first-order valence-corrected chi connectivity index (χ1v) is 4.67. The minimum atomic E-state index is -0.746. The molecule has 0 aliphatic heterocycles. The molecule has 7 heteroatoms. The van der Waals surface area contributed by atoms with E-state index in [-0.39, 0.29) is 0 Å². The Morgan fingerprint density at radius 1 is 1.60 bits per heavy atom. The number of nitrogens with one attached hydrogen (secondary N) is 2. The topological polar surface area (TPSA) is 76.0 Å². The van der Waals surface area contributed by atoms with Crippen LogP contribution in [-0.2, 0) is 11.8 Å². The van der Waals surface area contributed by atoms with Crippen molar-refractivity contribution in [2.75, 3.05) is 5.32 Å². The molecule has 1 atom stereocenters. The van der Waals surface area contributed by atoms with Gasteiger partial charge in [0.15, 0.2) is 0 Å². The zero-order valence-corrected chi connectivity index (χ0v) is 9.08. The van der Waals surface area contributed by atoms with Gasteiger partial charge in [-0.2, -0.15) is 5.10 Å². The Labute approximate surface area is 91.6 Å². The third-order valence-electron chi connectivity index (χ3n) is 1.56. The van der Waals surface area contributed by atoms with Crippen LogP contribution in [0.15, 0.2) is 12.4 Å². The maximum Gasteiger partial charge on any atom is 0.326 e. The lowest BCUT2D eigenvalue weighted by molar-refractivity contribution is -0.119. The van der Waals surface area contributed by atoms with Crippen LogP contribution < -0.4 is 10.6 Å². The molecule has 15 heavy (non-hydrogen) atoms. The molecular formula is C8H11ClN4O2. The number of anilines is 1. The number of nitrogens with zero attached hydrogens (tertiary/aromatic N) is 2. The van der Waals surface area contributed by atoms with Crippen LogP contribution >= 0.6 is 11.6 Å². The number of hydrogen-bond acceptors (Lipinski definition) is 3. The van der Waals surface area contributed by atoms with E-state index in [4.69, 9.17) is 11.6 Å². The monoisotopic (exact) mass is 230 g/mol. The molecule has 3 amide bonds. The van der Waals surface area contributed by atoms with E-state index in [1.54, 1.807) is 13.2 Å². The lowest BCUT2D eigenvalue weighted by atomic mass is 10.4. The molecule has 82 valence electrons. The number of aryl methyl sites for hydroxylation is 1. The Morgan fingerprint density at radius 3 is 2.73 bits per heavy atom.